The minimum absolute atomic E-state index is 0.764. The van der Waals surface area contributed by atoms with Crippen molar-refractivity contribution in [1.82, 2.24) is 16.2 Å². The lowest BCUT2D eigenvalue weighted by molar-refractivity contribution is 0.385. The van der Waals surface area contributed by atoms with Crippen LogP contribution in [0.15, 0.2) is 0 Å². The standard InChI is InChI=1S/C3H6N3/c4-6-2-1-5-3-6/h4-5H,1-2H2. The normalized spacial score (nSPS) is 25.5. The van der Waals surface area contributed by atoms with E-state index in [4.69, 9.17) is 5.84 Å². The van der Waals surface area contributed by atoms with Gasteiger partial charge in [0, 0.05) is 13.1 Å². The zero-order chi connectivity index (χ0) is 4.41. The highest BCUT2D eigenvalue weighted by Crippen LogP contribution is 1.86. The quantitative estimate of drug-likeness (QED) is 0.412. The summed E-state index contributed by atoms with van der Waals surface area (Å²) < 4.78 is 0. The molecule has 0 aromatic carbocycles. The van der Waals surface area contributed by atoms with Crippen LogP contribution in [0.5, 0.6) is 0 Å². The predicted molar refractivity (Wildman–Crippen MR) is 21.0 cm³/mol. The molecule has 0 atom stereocenters. The lowest BCUT2D eigenvalue weighted by Gasteiger charge is -1.95. The van der Waals surface area contributed by atoms with Gasteiger partial charge < -0.3 is 0 Å². The lowest BCUT2D eigenvalue weighted by atomic mass is 10.7. The second-order valence-electron chi connectivity index (χ2n) is 1.19. The third-order valence-corrected chi connectivity index (χ3v) is 0.674. The highest BCUT2D eigenvalue weighted by atomic mass is 15.5. The van der Waals surface area contributed by atoms with Crippen LogP contribution in [0, 0.1) is 6.67 Å². The zero-order valence-corrected chi connectivity index (χ0v) is 3.36. The first kappa shape index (κ1) is 4.05. The number of rotatable bonds is 0. The Morgan fingerprint density at radius 1 is 1.83 bits per heavy atom. The molecule has 1 heterocycles. The van der Waals surface area contributed by atoms with Crippen molar-refractivity contribution in [3.8, 4) is 0 Å². The molecule has 0 aromatic rings. The molecule has 0 aliphatic carbocycles. The van der Waals surface area contributed by atoms with Gasteiger partial charge in [0.1, 0.15) is 0 Å². The Morgan fingerprint density at radius 2 is 2.67 bits per heavy atom. The predicted octanol–water partition coefficient (Wildman–Crippen LogP) is -0.914. The van der Waals surface area contributed by atoms with E-state index >= 15 is 0 Å². The minimum atomic E-state index is 0.764. The molecule has 3 heteroatoms. The highest BCUT2D eigenvalue weighted by molar-refractivity contribution is 4.68. The first-order valence-corrected chi connectivity index (χ1v) is 1.87. The third kappa shape index (κ3) is 0.680. The lowest BCUT2D eigenvalue weighted by Crippen LogP contribution is -2.12. The summed E-state index contributed by atoms with van der Waals surface area (Å²) in [5, 5.41) is 4.01. The van der Waals surface area contributed by atoms with E-state index < -0.39 is 0 Å². The Kier molecular flexibility index (Phi) is 1.05. The van der Waals surface area contributed by atoms with Gasteiger partial charge >= 0.3 is 0 Å². The average molecular weight is 84.1 g/mol. The molecule has 0 aromatic heterocycles. The SMILES string of the molecule is [NH]N1[C]NCC1. The smallest absolute Gasteiger partial charge is 0.159 e. The van der Waals surface area contributed by atoms with Gasteiger partial charge in [-0.05, 0) is 0 Å². The summed E-state index contributed by atoms with van der Waals surface area (Å²) in [7, 11) is 0. The molecule has 0 amide bonds. The molecule has 6 heavy (non-hydrogen) atoms. The van der Waals surface area contributed by atoms with Crippen molar-refractivity contribution in [3.63, 3.8) is 0 Å². The van der Waals surface area contributed by atoms with Gasteiger partial charge in [-0.15, -0.1) is 0 Å². The monoisotopic (exact) mass is 84.1 g/mol. The van der Waals surface area contributed by atoms with Crippen molar-refractivity contribution < 1.29 is 0 Å². The number of nitrogens with one attached hydrogen (secondary N) is 2. The number of hydrogen-bond donors (Lipinski definition) is 1. The fourth-order valence-electron chi connectivity index (χ4n) is 0.375. The van der Waals surface area contributed by atoms with Crippen molar-refractivity contribution in [1.29, 1.82) is 0 Å². The van der Waals surface area contributed by atoms with Gasteiger partial charge in [0.15, 0.2) is 6.67 Å². The first-order valence-electron chi connectivity index (χ1n) is 1.87. The Hall–Kier alpha value is -0.120. The second kappa shape index (κ2) is 1.55. The summed E-state index contributed by atoms with van der Waals surface area (Å²) in [6, 6.07) is 0. The summed E-state index contributed by atoms with van der Waals surface area (Å²) in [5.74, 6) is 6.79. The molecule has 1 aliphatic heterocycles. The second-order valence-corrected chi connectivity index (χ2v) is 1.19. The van der Waals surface area contributed by atoms with Crippen LogP contribution in [0.3, 0.4) is 0 Å². The van der Waals surface area contributed by atoms with Crippen molar-refractivity contribution >= 4 is 0 Å². The molecule has 1 fully saturated rings. The molecular weight excluding hydrogens is 78.1 g/mol. The third-order valence-electron chi connectivity index (χ3n) is 0.674. The molecule has 2 N–H and O–H groups in total. The Balaban J connectivity index is 2.18. The maximum Gasteiger partial charge on any atom is 0.159 e. The van der Waals surface area contributed by atoms with Gasteiger partial charge in [0.2, 0.25) is 0 Å². The summed E-state index contributed by atoms with van der Waals surface area (Å²) in [5.41, 5.74) is 0. The maximum absolute atomic E-state index is 6.79. The van der Waals surface area contributed by atoms with E-state index in [1.54, 1.807) is 0 Å². The van der Waals surface area contributed by atoms with Gasteiger partial charge in [-0.2, -0.15) is 5.84 Å². The average Bonchev–Trinajstić information content (AvgIpc) is 1.86. The Morgan fingerprint density at radius 3 is 2.83 bits per heavy atom. The molecule has 0 bridgehead atoms. The van der Waals surface area contributed by atoms with Crippen molar-refractivity contribution in [3.05, 3.63) is 6.67 Å². The van der Waals surface area contributed by atoms with E-state index in [0.29, 0.717) is 0 Å². The van der Waals surface area contributed by atoms with E-state index in [1.165, 1.54) is 5.01 Å². The minimum Gasteiger partial charge on any atom is -0.291 e. The molecule has 0 unspecified atom stereocenters. The van der Waals surface area contributed by atoms with E-state index in [2.05, 4.69) is 12.0 Å². The summed E-state index contributed by atoms with van der Waals surface area (Å²) in [6.45, 7) is 4.20. The molecule has 1 saturated heterocycles. The van der Waals surface area contributed by atoms with Crippen molar-refractivity contribution in [2.75, 3.05) is 13.1 Å². The van der Waals surface area contributed by atoms with Gasteiger partial charge in [-0.1, -0.05) is 0 Å². The zero-order valence-electron chi connectivity index (χ0n) is 3.36. The van der Waals surface area contributed by atoms with Crippen LogP contribution in [0.25, 0.3) is 0 Å². The van der Waals surface area contributed by atoms with Crippen LogP contribution in [-0.2, 0) is 0 Å². The molecule has 3 radical (unpaired) electrons. The van der Waals surface area contributed by atoms with Crippen molar-refractivity contribution in [2.45, 2.75) is 0 Å². The van der Waals surface area contributed by atoms with Crippen LogP contribution in [-0.4, -0.2) is 18.1 Å². The molecule has 3 nitrogen and oxygen atoms in total. The molecular formula is C3H6N3. The number of hydrogen-bond acceptors (Lipinski definition) is 2. The molecule has 1 rings (SSSR count). The Labute approximate surface area is 37.1 Å². The van der Waals surface area contributed by atoms with Gasteiger partial charge in [0.25, 0.3) is 0 Å². The van der Waals surface area contributed by atoms with Crippen LogP contribution in [0.2, 0.25) is 0 Å². The van der Waals surface area contributed by atoms with Crippen LogP contribution in [0.4, 0.5) is 0 Å². The van der Waals surface area contributed by atoms with Crippen LogP contribution >= 0.6 is 0 Å². The van der Waals surface area contributed by atoms with E-state index in [1.807, 2.05) is 0 Å². The first-order chi connectivity index (χ1) is 2.89. The van der Waals surface area contributed by atoms with Gasteiger partial charge in [-0.25, -0.2) is 5.01 Å². The maximum atomic E-state index is 6.79. The summed E-state index contributed by atoms with van der Waals surface area (Å²) in [4.78, 5) is 0. The highest BCUT2D eigenvalue weighted by Gasteiger charge is 2.05. The van der Waals surface area contributed by atoms with Crippen LogP contribution in [0.1, 0.15) is 0 Å². The van der Waals surface area contributed by atoms with Crippen LogP contribution < -0.4 is 11.2 Å². The number of nitrogens with zero attached hydrogens (tertiary/aromatic N) is 1. The summed E-state index contributed by atoms with van der Waals surface area (Å²) in [6.07, 6.45) is 0. The van der Waals surface area contributed by atoms with Crippen molar-refractivity contribution in [2.24, 2.45) is 0 Å². The topological polar surface area (TPSA) is 39.1 Å². The molecule has 0 spiro atoms. The summed E-state index contributed by atoms with van der Waals surface area (Å²) >= 11 is 0. The largest absolute Gasteiger partial charge is 0.291 e. The molecule has 0 saturated carbocycles. The Bertz CT molecular complexity index is 39.3. The van der Waals surface area contributed by atoms with Gasteiger partial charge in [-0.3, -0.25) is 5.32 Å². The van der Waals surface area contributed by atoms with E-state index in [-0.39, 0.29) is 0 Å². The van der Waals surface area contributed by atoms with Gasteiger partial charge in [0.05, 0.1) is 0 Å². The molecule has 33 valence electrons. The van der Waals surface area contributed by atoms with E-state index in [9.17, 15) is 0 Å². The fourth-order valence-corrected chi connectivity index (χ4v) is 0.375. The fraction of sp³-hybridized carbons (Fsp3) is 0.667. The van der Waals surface area contributed by atoms with E-state index in [0.717, 1.165) is 13.1 Å². The molecule has 1 aliphatic rings.